The number of ether oxygens (including phenoxy) is 1. The third-order valence-corrected chi connectivity index (χ3v) is 2.96. The van der Waals surface area contributed by atoms with E-state index in [0.29, 0.717) is 12.2 Å². The molecular formula is C14H18O5. The van der Waals surface area contributed by atoms with Gasteiger partial charge in [-0.1, -0.05) is 26.0 Å². The minimum absolute atomic E-state index is 0.115. The van der Waals surface area contributed by atoms with Crippen LogP contribution in [0.4, 0.5) is 0 Å². The second-order valence-electron chi connectivity index (χ2n) is 4.98. The van der Waals surface area contributed by atoms with Gasteiger partial charge in [0.15, 0.2) is 6.61 Å². The van der Waals surface area contributed by atoms with Crippen molar-refractivity contribution >= 4 is 11.9 Å². The fraction of sp³-hybridized carbons (Fsp3) is 0.429. The first-order chi connectivity index (χ1) is 8.81. The molecule has 104 valence electrons. The van der Waals surface area contributed by atoms with Crippen LogP contribution < -0.4 is 4.74 Å². The topological polar surface area (TPSA) is 83.8 Å². The van der Waals surface area contributed by atoms with Gasteiger partial charge in [0.1, 0.15) is 5.75 Å². The number of hydrogen-bond donors (Lipinski definition) is 2. The molecule has 0 bridgehead atoms. The van der Waals surface area contributed by atoms with E-state index in [0.717, 1.165) is 5.56 Å². The molecule has 0 saturated heterocycles. The summed E-state index contributed by atoms with van der Waals surface area (Å²) in [5.41, 5.74) is 0.750. The first-order valence-corrected chi connectivity index (χ1v) is 5.98. The molecule has 0 atom stereocenters. The lowest BCUT2D eigenvalue weighted by Gasteiger charge is -2.24. The van der Waals surface area contributed by atoms with Gasteiger partial charge in [0.25, 0.3) is 0 Å². The molecule has 0 saturated carbocycles. The Balaban J connectivity index is 2.68. The number of hydrogen-bond acceptors (Lipinski definition) is 3. The molecule has 5 nitrogen and oxygen atoms in total. The average molecular weight is 266 g/mol. The highest BCUT2D eigenvalue weighted by atomic mass is 16.5. The van der Waals surface area contributed by atoms with E-state index in [-0.39, 0.29) is 18.4 Å². The zero-order valence-electron chi connectivity index (χ0n) is 11.0. The molecule has 0 unspecified atom stereocenters. The lowest BCUT2D eigenvalue weighted by atomic mass is 9.80. The van der Waals surface area contributed by atoms with Crippen LogP contribution in [0.5, 0.6) is 5.75 Å². The summed E-state index contributed by atoms with van der Waals surface area (Å²) in [4.78, 5) is 21.0. The van der Waals surface area contributed by atoms with Crippen LogP contribution in [0.25, 0.3) is 0 Å². The minimum atomic E-state index is -1.02. The SMILES string of the molecule is CC(C)(CCC(=O)O)c1ccc(OCC(=O)O)cc1. The summed E-state index contributed by atoms with van der Waals surface area (Å²) in [5.74, 6) is -1.35. The van der Waals surface area contributed by atoms with E-state index in [1.54, 1.807) is 12.1 Å². The maximum Gasteiger partial charge on any atom is 0.341 e. The third-order valence-electron chi connectivity index (χ3n) is 2.96. The summed E-state index contributed by atoms with van der Waals surface area (Å²) in [6.45, 7) is 3.58. The van der Waals surface area contributed by atoms with E-state index in [4.69, 9.17) is 14.9 Å². The highest BCUT2D eigenvalue weighted by Crippen LogP contribution is 2.29. The second kappa shape index (κ2) is 6.22. The van der Waals surface area contributed by atoms with Crippen LogP contribution >= 0.6 is 0 Å². The fourth-order valence-electron chi connectivity index (χ4n) is 1.71. The van der Waals surface area contributed by atoms with E-state index < -0.39 is 11.9 Å². The van der Waals surface area contributed by atoms with E-state index in [9.17, 15) is 9.59 Å². The van der Waals surface area contributed by atoms with Crippen molar-refractivity contribution in [2.24, 2.45) is 0 Å². The standard InChI is InChI=1S/C14H18O5/c1-14(2,8-7-12(15)16)10-3-5-11(6-4-10)19-9-13(17)18/h3-6H,7-9H2,1-2H3,(H,15,16)(H,17,18). The van der Waals surface area contributed by atoms with Gasteiger partial charge in [-0.3, -0.25) is 4.79 Å². The minimum Gasteiger partial charge on any atom is -0.482 e. The Bertz CT molecular complexity index is 447. The summed E-state index contributed by atoms with van der Waals surface area (Å²) in [6.07, 6.45) is 0.655. The van der Waals surface area contributed by atoms with Crippen LogP contribution in [0, 0.1) is 0 Å². The highest BCUT2D eigenvalue weighted by molar-refractivity contribution is 5.68. The number of rotatable bonds is 7. The number of aliphatic carboxylic acids is 2. The van der Waals surface area contributed by atoms with Crippen LogP contribution in [0.2, 0.25) is 0 Å². The molecule has 0 aliphatic heterocycles. The Morgan fingerprint density at radius 3 is 2.16 bits per heavy atom. The maximum absolute atomic E-state index is 10.6. The largest absolute Gasteiger partial charge is 0.482 e. The van der Waals surface area contributed by atoms with Crippen molar-refractivity contribution in [3.63, 3.8) is 0 Å². The van der Waals surface area contributed by atoms with E-state index in [2.05, 4.69) is 0 Å². The molecule has 2 N–H and O–H groups in total. The zero-order chi connectivity index (χ0) is 14.5. The lowest BCUT2D eigenvalue weighted by Crippen LogP contribution is -2.18. The molecule has 1 aromatic rings. The average Bonchev–Trinajstić information content (AvgIpc) is 2.34. The van der Waals surface area contributed by atoms with Gasteiger partial charge >= 0.3 is 11.9 Å². The summed E-state index contributed by atoms with van der Waals surface area (Å²) < 4.78 is 5.04. The molecule has 0 aliphatic carbocycles. The van der Waals surface area contributed by atoms with E-state index in [1.807, 2.05) is 26.0 Å². The number of benzene rings is 1. The molecule has 0 radical (unpaired) electrons. The third kappa shape index (κ3) is 4.99. The van der Waals surface area contributed by atoms with Gasteiger partial charge in [-0.05, 0) is 29.5 Å². The van der Waals surface area contributed by atoms with Crippen molar-refractivity contribution in [1.29, 1.82) is 0 Å². The molecule has 1 aromatic carbocycles. The smallest absolute Gasteiger partial charge is 0.341 e. The van der Waals surface area contributed by atoms with Gasteiger partial charge in [0.2, 0.25) is 0 Å². The van der Waals surface area contributed by atoms with Crippen LogP contribution in [-0.2, 0) is 15.0 Å². The van der Waals surface area contributed by atoms with Crippen molar-refractivity contribution in [3.8, 4) is 5.75 Å². The molecule has 1 rings (SSSR count). The molecular weight excluding hydrogens is 248 g/mol. The number of carbonyl (C=O) groups is 2. The Morgan fingerprint density at radius 2 is 1.68 bits per heavy atom. The van der Waals surface area contributed by atoms with Gasteiger partial charge in [0.05, 0.1) is 0 Å². The predicted octanol–water partition coefficient (Wildman–Crippen LogP) is 2.29. The van der Waals surface area contributed by atoms with Gasteiger partial charge in [-0.15, -0.1) is 0 Å². The molecule has 0 amide bonds. The van der Waals surface area contributed by atoms with Crippen molar-refractivity contribution in [3.05, 3.63) is 29.8 Å². The van der Waals surface area contributed by atoms with E-state index in [1.165, 1.54) is 0 Å². The zero-order valence-corrected chi connectivity index (χ0v) is 11.0. The van der Waals surface area contributed by atoms with Crippen molar-refractivity contribution in [2.75, 3.05) is 6.61 Å². The molecule has 0 spiro atoms. The van der Waals surface area contributed by atoms with Crippen LogP contribution in [0.1, 0.15) is 32.3 Å². The predicted molar refractivity (Wildman–Crippen MR) is 69.5 cm³/mol. The van der Waals surface area contributed by atoms with Crippen molar-refractivity contribution < 1.29 is 24.5 Å². The van der Waals surface area contributed by atoms with Crippen LogP contribution in [0.3, 0.4) is 0 Å². The van der Waals surface area contributed by atoms with Crippen LogP contribution in [-0.4, -0.2) is 28.8 Å². The quantitative estimate of drug-likeness (QED) is 0.791. The first kappa shape index (κ1) is 15.0. The number of carboxylic acid groups (broad SMARTS) is 2. The molecule has 0 heterocycles. The Kier molecular flexibility index (Phi) is 4.92. The second-order valence-corrected chi connectivity index (χ2v) is 4.98. The first-order valence-electron chi connectivity index (χ1n) is 5.98. The summed E-state index contributed by atoms with van der Waals surface area (Å²) >= 11 is 0. The molecule has 0 aliphatic rings. The molecule has 0 fully saturated rings. The summed E-state index contributed by atoms with van der Waals surface area (Å²) in [6, 6.07) is 7.06. The molecule has 0 aromatic heterocycles. The van der Waals surface area contributed by atoms with Crippen molar-refractivity contribution in [1.82, 2.24) is 0 Å². The summed E-state index contributed by atoms with van der Waals surface area (Å²) in [5, 5.41) is 17.2. The van der Waals surface area contributed by atoms with Crippen molar-refractivity contribution in [2.45, 2.75) is 32.1 Å². The summed E-state index contributed by atoms with van der Waals surface area (Å²) in [7, 11) is 0. The fourth-order valence-corrected chi connectivity index (χ4v) is 1.71. The molecule has 19 heavy (non-hydrogen) atoms. The van der Waals surface area contributed by atoms with Gasteiger partial charge in [0, 0.05) is 6.42 Å². The Hall–Kier alpha value is -2.04. The normalized spacial score (nSPS) is 11.1. The molecule has 5 heteroatoms. The van der Waals surface area contributed by atoms with Gasteiger partial charge in [-0.25, -0.2) is 4.79 Å². The highest BCUT2D eigenvalue weighted by Gasteiger charge is 2.21. The van der Waals surface area contributed by atoms with Crippen LogP contribution in [0.15, 0.2) is 24.3 Å². The Morgan fingerprint density at radius 1 is 1.11 bits per heavy atom. The van der Waals surface area contributed by atoms with Gasteiger partial charge in [-0.2, -0.15) is 0 Å². The van der Waals surface area contributed by atoms with E-state index >= 15 is 0 Å². The number of carboxylic acids is 2. The Labute approximate surface area is 111 Å². The van der Waals surface area contributed by atoms with Gasteiger partial charge < -0.3 is 14.9 Å². The maximum atomic E-state index is 10.6. The lowest BCUT2D eigenvalue weighted by molar-refractivity contribution is -0.139. The monoisotopic (exact) mass is 266 g/mol.